The number of rotatable bonds is 6. The molecule has 24 heavy (non-hydrogen) atoms. The first-order valence-corrected chi connectivity index (χ1v) is 7.26. The number of nitrogens with one attached hydrogen (secondary N) is 1. The van der Waals surface area contributed by atoms with Crippen LogP contribution < -0.4 is 5.32 Å². The maximum absolute atomic E-state index is 12.4. The lowest BCUT2D eigenvalue weighted by atomic mass is 10.1. The lowest BCUT2D eigenvalue weighted by Crippen LogP contribution is -2.36. The smallest absolute Gasteiger partial charge is 0.343 e. The molecule has 0 saturated heterocycles. The summed E-state index contributed by atoms with van der Waals surface area (Å²) in [4.78, 5) is 24.1. The fraction of sp³-hybridized carbons (Fsp3) is 0.235. The van der Waals surface area contributed by atoms with Crippen LogP contribution >= 0.6 is 0 Å². The average Bonchev–Trinajstić information content (AvgIpc) is 3.19. The maximum Gasteiger partial charge on any atom is 0.343 e. The van der Waals surface area contributed by atoms with Gasteiger partial charge in [0.1, 0.15) is 23.0 Å². The van der Waals surface area contributed by atoms with Gasteiger partial charge in [-0.3, -0.25) is 9.36 Å². The van der Waals surface area contributed by atoms with Gasteiger partial charge >= 0.3 is 5.97 Å². The van der Waals surface area contributed by atoms with Crippen LogP contribution in [0.1, 0.15) is 28.6 Å². The van der Waals surface area contributed by atoms with E-state index in [0.717, 1.165) is 0 Å². The molecule has 0 radical (unpaired) electrons. The number of carbonyl (C=O) groups excluding carboxylic acids is 2. The zero-order valence-corrected chi connectivity index (χ0v) is 13.4. The number of amides is 1. The molecule has 0 saturated carbocycles. The van der Waals surface area contributed by atoms with E-state index in [1.807, 2.05) is 6.07 Å². The minimum atomic E-state index is -1.01. The third-order valence-electron chi connectivity index (χ3n) is 3.29. The molecule has 0 fully saturated rings. The van der Waals surface area contributed by atoms with Crippen molar-refractivity contribution in [3.63, 3.8) is 0 Å². The minimum absolute atomic E-state index is 0.0181. The van der Waals surface area contributed by atoms with Gasteiger partial charge in [-0.1, -0.05) is 6.08 Å². The van der Waals surface area contributed by atoms with Crippen molar-refractivity contribution < 1.29 is 18.7 Å². The SMILES string of the molecule is C=CCNC(=O)[C@H](C)OC(=O)c1c(C)oc(-n2cccc2)c1C#N. The van der Waals surface area contributed by atoms with E-state index in [9.17, 15) is 14.9 Å². The van der Waals surface area contributed by atoms with Crippen LogP contribution in [0.2, 0.25) is 0 Å². The summed E-state index contributed by atoms with van der Waals surface area (Å²) in [5.74, 6) is -0.754. The Hall–Kier alpha value is -3.27. The summed E-state index contributed by atoms with van der Waals surface area (Å²) >= 11 is 0. The quantitative estimate of drug-likeness (QED) is 0.647. The Morgan fingerprint density at radius 1 is 1.50 bits per heavy atom. The van der Waals surface area contributed by atoms with Crippen molar-refractivity contribution in [2.24, 2.45) is 0 Å². The number of ether oxygens (including phenoxy) is 1. The van der Waals surface area contributed by atoms with Crippen molar-refractivity contribution >= 4 is 11.9 Å². The van der Waals surface area contributed by atoms with Gasteiger partial charge in [-0.2, -0.15) is 5.26 Å². The molecule has 0 spiro atoms. The second-order valence-corrected chi connectivity index (χ2v) is 5.00. The molecule has 2 rings (SSSR count). The van der Waals surface area contributed by atoms with Gasteiger partial charge in [0.25, 0.3) is 5.91 Å². The highest BCUT2D eigenvalue weighted by Gasteiger charge is 2.28. The second-order valence-electron chi connectivity index (χ2n) is 5.00. The van der Waals surface area contributed by atoms with Gasteiger partial charge < -0.3 is 14.5 Å². The number of nitrogens with zero attached hydrogens (tertiary/aromatic N) is 2. The Kier molecular flexibility index (Phi) is 5.22. The largest absolute Gasteiger partial charge is 0.449 e. The van der Waals surface area contributed by atoms with Crippen molar-refractivity contribution in [2.45, 2.75) is 20.0 Å². The molecule has 7 nitrogen and oxygen atoms in total. The van der Waals surface area contributed by atoms with Crippen LogP contribution in [0.5, 0.6) is 0 Å². The number of aryl methyl sites for hydroxylation is 1. The second kappa shape index (κ2) is 7.33. The van der Waals surface area contributed by atoms with Crippen LogP contribution in [0.15, 0.2) is 41.6 Å². The first-order valence-electron chi connectivity index (χ1n) is 7.26. The molecule has 1 amide bonds. The normalized spacial score (nSPS) is 11.4. The Labute approximate surface area is 139 Å². The van der Waals surface area contributed by atoms with E-state index in [1.165, 1.54) is 13.0 Å². The van der Waals surface area contributed by atoms with Gasteiger partial charge in [-0.15, -0.1) is 6.58 Å². The van der Waals surface area contributed by atoms with E-state index in [0.29, 0.717) is 0 Å². The lowest BCUT2D eigenvalue weighted by Gasteiger charge is -2.12. The topological polar surface area (TPSA) is 97.3 Å². The minimum Gasteiger partial charge on any atom is -0.449 e. The van der Waals surface area contributed by atoms with Gasteiger partial charge in [0.2, 0.25) is 5.88 Å². The molecule has 0 unspecified atom stereocenters. The monoisotopic (exact) mass is 327 g/mol. The number of esters is 1. The van der Waals surface area contributed by atoms with Crippen LogP contribution in [0, 0.1) is 18.3 Å². The molecule has 0 aliphatic heterocycles. The van der Waals surface area contributed by atoms with Gasteiger partial charge in [-0.05, 0) is 26.0 Å². The Morgan fingerprint density at radius 2 is 2.17 bits per heavy atom. The summed E-state index contributed by atoms with van der Waals surface area (Å²) in [6.07, 6.45) is 3.90. The molecule has 7 heteroatoms. The first-order chi connectivity index (χ1) is 11.5. The zero-order chi connectivity index (χ0) is 17.7. The summed E-state index contributed by atoms with van der Waals surface area (Å²) in [7, 11) is 0. The number of furan rings is 1. The Balaban J connectivity index is 2.26. The third kappa shape index (κ3) is 3.38. The van der Waals surface area contributed by atoms with Crippen LogP contribution in [0.25, 0.3) is 5.88 Å². The van der Waals surface area contributed by atoms with E-state index in [-0.39, 0.29) is 29.3 Å². The molecular formula is C17H17N3O4. The van der Waals surface area contributed by atoms with Crippen molar-refractivity contribution in [3.8, 4) is 12.0 Å². The maximum atomic E-state index is 12.4. The molecule has 1 N–H and O–H groups in total. The van der Waals surface area contributed by atoms with Crippen LogP contribution in [-0.2, 0) is 9.53 Å². The third-order valence-corrected chi connectivity index (χ3v) is 3.29. The summed E-state index contributed by atoms with van der Waals surface area (Å²) in [6, 6.07) is 5.50. The predicted molar refractivity (Wildman–Crippen MR) is 85.6 cm³/mol. The summed E-state index contributed by atoms with van der Waals surface area (Å²) in [5.41, 5.74) is 0.0805. The van der Waals surface area contributed by atoms with E-state index >= 15 is 0 Å². The number of hydrogen-bond acceptors (Lipinski definition) is 5. The summed E-state index contributed by atoms with van der Waals surface area (Å²) < 4.78 is 12.3. The molecule has 2 aromatic heterocycles. The van der Waals surface area contributed by atoms with E-state index in [2.05, 4.69) is 11.9 Å². The molecule has 0 aliphatic rings. The van der Waals surface area contributed by atoms with E-state index in [4.69, 9.17) is 9.15 Å². The van der Waals surface area contributed by atoms with Crippen LogP contribution in [0.3, 0.4) is 0 Å². The van der Waals surface area contributed by atoms with Gasteiger partial charge in [0.15, 0.2) is 6.10 Å². The number of aromatic nitrogens is 1. The molecule has 2 heterocycles. The fourth-order valence-corrected chi connectivity index (χ4v) is 2.12. The van der Waals surface area contributed by atoms with Crippen molar-refractivity contribution in [1.29, 1.82) is 5.26 Å². The van der Waals surface area contributed by atoms with Crippen LogP contribution in [0.4, 0.5) is 0 Å². The highest BCUT2D eigenvalue weighted by atomic mass is 16.5. The summed E-state index contributed by atoms with van der Waals surface area (Å²) in [6.45, 7) is 6.77. The van der Waals surface area contributed by atoms with Crippen molar-refractivity contribution in [1.82, 2.24) is 9.88 Å². The van der Waals surface area contributed by atoms with E-state index < -0.39 is 18.0 Å². The standard InChI is InChI=1S/C17H17N3O4/c1-4-7-19-15(21)12(3)24-17(22)14-11(2)23-16(13(14)10-18)20-8-5-6-9-20/h4-6,8-9,12H,1,7H2,2-3H3,(H,19,21)/t12-/m0/s1. The lowest BCUT2D eigenvalue weighted by molar-refractivity contribution is -0.128. The average molecular weight is 327 g/mol. The molecule has 0 aliphatic carbocycles. The van der Waals surface area contributed by atoms with E-state index in [1.54, 1.807) is 36.0 Å². The number of nitriles is 1. The van der Waals surface area contributed by atoms with Crippen molar-refractivity contribution in [3.05, 3.63) is 54.1 Å². The van der Waals surface area contributed by atoms with Gasteiger partial charge in [-0.25, -0.2) is 4.79 Å². The van der Waals surface area contributed by atoms with Gasteiger partial charge in [0.05, 0.1) is 0 Å². The number of carbonyl (C=O) groups is 2. The Morgan fingerprint density at radius 3 is 2.75 bits per heavy atom. The summed E-state index contributed by atoms with van der Waals surface area (Å²) in [5, 5.41) is 11.9. The van der Waals surface area contributed by atoms with Gasteiger partial charge in [0, 0.05) is 18.9 Å². The number of hydrogen-bond donors (Lipinski definition) is 1. The molecule has 0 bridgehead atoms. The molecule has 1 atom stereocenters. The molecular weight excluding hydrogens is 310 g/mol. The molecule has 124 valence electrons. The predicted octanol–water partition coefficient (Wildman–Crippen LogP) is 2.10. The molecule has 2 aromatic rings. The zero-order valence-electron chi connectivity index (χ0n) is 13.4. The van der Waals surface area contributed by atoms with Crippen LogP contribution in [-0.4, -0.2) is 29.1 Å². The molecule has 0 aromatic carbocycles. The Bertz CT molecular complexity index is 797. The highest BCUT2D eigenvalue weighted by molar-refractivity contribution is 5.96. The van der Waals surface area contributed by atoms with Crippen molar-refractivity contribution in [2.75, 3.05) is 6.54 Å². The fourth-order valence-electron chi connectivity index (χ4n) is 2.12. The highest BCUT2D eigenvalue weighted by Crippen LogP contribution is 2.26. The first kappa shape index (κ1) is 17.1.